The number of thiophene rings is 1. The van der Waals surface area contributed by atoms with E-state index in [4.69, 9.17) is 0 Å². The Morgan fingerprint density at radius 2 is 2.41 bits per heavy atom. The molecule has 2 heterocycles. The molecule has 5 heteroatoms. The standard InChI is InChI=1S/C12H18N4S/c1-3-6-16-12(14-9-15-16)8-13-10(2)11-5-4-7-17-11/h4-5,7,9-10,13H,3,6,8H2,1-2H3/t10-/m0/s1. The molecule has 0 bridgehead atoms. The minimum atomic E-state index is 0.363. The first-order chi connectivity index (χ1) is 8.31. The van der Waals surface area contributed by atoms with Gasteiger partial charge in [-0.05, 0) is 24.8 Å². The van der Waals surface area contributed by atoms with E-state index in [0.29, 0.717) is 6.04 Å². The fourth-order valence-electron chi connectivity index (χ4n) is 1.71. The molecule has 0 amide bonds. The second-order valence-corrected chi connectivity index (χ2v) is 5.00. The van der Waals surface area contributed by atoms with Crippen molar-refractivity contribution in [1.29, 1.82) is 0 Å². The second-order valence-electron chi connectivity index (χ2n) is 4.02. The topological polar surface area (TPSA) is 42.7 Å². The van der Waals surface area contributed by atoms with Crippen molar-refractivity contribution < 1.29 is 0 Å². The molecule has 0 radical (unpaired) electrons. The van der Waals surface area contributed by atoms with Gasteiger partial charge in [-0.15, -0.1) is 11.3 Å². The zero-order chi connectivity index (χ0) is 12.1. The van der Waals surface area contributed by atoms with E-state index in [9.17, 15) is 0 Å². The molecular formula is C12H18N4S. The maximum atomic E-state index is 4.28. The lowest BCUT2D eigenvalue weighted by molar-refractivity contribution is 0.512. The number of aryl methyl sites for hydroxylation is 1. The van der Waals surface area contributed by atoms with Gasteiger partial charge in [0.15, 0.2) is 0 Å². The van der Waals surface area contributed by atoms with Gasteiger partial charge in [0, 0.05) is 17.5 Å². The SMILES string of the molecule is CCCn1ncnc1CN[C@@H](C)c1cccs1. The number of hydrogen-bond acceptors (Lipinski definition) is 4. The van der Waals surface area contributed by atoms with Crippen molar-refractivity contribution >= 4 is 11.3 Å². The van der Waals surface area contributed by atoms with Crippen molar-refractivity contribution in [3.63, 3.8) is 0 Å². The van der Waals surface area contributed by atoms with Crippen LogP contribution in [-0.2, 0) is 13.1 Å². The van der Waals surface area contributed by atoms with Crippen molar-refractivity contribution in [1.82, 2.24) is 20.1 Å². The van der Waals surface area contributed by atoms with Crippen LogP contribution >= 0.6 is 11.3 Å². The van der Waals surface area contributed by atoms with Gasteiger partial charge < -0.3 is 5.32 Å². The van der Waals surface area contributed by atoms with Gasteiger partial charge in [0.2, 0.25) is 0 Å². The van der Waals surface area contributed by atoms with Crippen LogP contribution in [0.5, 0.6) is 0 Å². The summed E-state index contributed by atoms with van der Waals surface area (Å²) >= 11 is 1.78. The third kappa shape index (κ3) is 3.14. The van der Waals surface area contributed by atoms with E-state index in [-0.39, 0.29) is 0 Å². The van der Waals surface area contributed by atoms with Crippen LogP contribution in [0.3, 0.4) is 0 Å². The molecule has 92 valence electrons. The highest BCUT2D eigenvalue weighted by Gasteiger charge is 2.08. The molecular weight excluding hydrogens is 232 g/mol. The molecule has 4 nitrogen and oxygen atoms in total. The predicted octanol–water partition coefficient (Wildman–Crippen LogP) is 2.60. The predicted molar refractivity (Wildman–Crippen MR) is 69.9 cm³/mol. The van der Waals surface area contributed by atoms with Gasteiger partial charge in [-0.2, -0.15) is 5.10 Å². The number of rotatable bonds is 6. The van der Waals surface area contributed by atoms with Crippen molar-refractivity contribution in [3.8, 4) is 0 Å². The van der Waals surface area contributed by atoms with Crippen molar-refractivity contribution in [2.24, 2.45) is 0 Å². The molecule has 17 heavy (non-hydrogen) atoms. The molecule has 0 aromatic carbocycles. The molecule has 0 saturated carbocycles. The lowest BCUT2D eigenvalue weighted by atomic mass is 10.3. The summed E-state index contributed by atoms with van der Waals surface area (Å²) in [5.41, 5.74) is 0. The molecule has 1 N–H and O–H groups in total. The summed E-state index contributed by atoms with van der Waals surface area (Å²) in [6.45, 7) is 6.02. The first-order valence-corrected chi connectivity index (χ1v) is 6.82. The summed E-state index contributed by atoms with van der Waals surface area (Å²) in [5.74, 6) is 1.01. The summed E-state index contributed by atoms with van der Waals surface area (Å²) in [4.78, 5) is 5.63. The Morgan fingerprint density at radius 3 is 3.12 bits per heavy atom. The Labute approximate surface area is 106 Å². The molecule has 0 unspecified atom stereocenters. The lowest BCUT2D eigenvalue weighted by Gasteiger charge is -2.12. The number of aromatic nitrogens is 3. The summed E-state index contributed by atoms with van der Waals surface area (Å²) < 4.78 is 1.97. The Kier molecular flexibility index (Phi) is 4.28. The summed E-state index contributed by atoms with van der Waals surface area (Å²) in [6.07, 6.45) is 2.71. The normalized spacial score (nSPS) is 12.8. The van der Waals surface area contributed by atoms with Crippen LogP contribution in [0.4, 0.5) is 0 Å². The first kappa shape index (κ1) is 12.3. The van der Waals surface area contributed by atoms with Crippen LogP contribution in [-0.4, -0.2) is 14.8 Å². The molecule has 0 aliphatic carbocycles. The van der Waals surface area contributed by atoms with Gasteiger partial charge in [-0.25, -0.2) is 9.67 Å². The number of nitrogens with one attached hydrogen (secondary N) is 1. The van der Waals surface area contributed by atoms with E-state index in [1.807, 2.05) is 4.68 Å². The average molecular weight is 250 g/mol. The maximum Gasteiger partial charge on any atom is 0.140 e. The third-order valence-electron chi connectivity index (χ3n) is 2.67. The Bertz CT molecular complexity index is 435. The monoisotopic (exact) mass is 250 g/mol. The molecule has 0 saturated heterocycles. The lowest BCUT2D eigenvalue weighted by Crippen LogP contribution is -2.20. The van der Waals surface area contributed by atoms with Crippen LogP contribution in [0.2, 0.25) is 0 Å². The van der Waals surface area contributed by atoms with Gasteiger partial charge in [-0.1, -0.05) is 13.0 Å². The van der Waals surface area contributed by atoms with Gasteiger partial charge >= 0.3 is 0 Å². The molecule has 1 atom stereocenters. The molecule has 0 fully saturated rings. The van der Waals surface area contributed by atoms with E-state index in [1.165, 1.54) is 4.88 Å². The number of hydrogen-bond donors (Lipinski definition) is 1. The van der Waals surface area contributed by atoms with Crippen molar-refractivity contribution in [2.45, 2.75) is 39.4 Å². The minimum Gasteiger partial charge on any atom is -0.302 e. The van der Waals surface area contributed by atoms with Gasteiger partial charge in [0.1, 0.15) is 12.2 Å². The summed E-state index contributed by atoms with van der Waals surface area (Å²) in [5, 5.41) is 9.79. The van der Waals surface area contributed by atoms with E-state index >= 15 is 0 Å². The molecule has 2 aromatic rings. The van der Waals surface area contributed by atoms with E-state index < -0.39 is 0 Å². The van der Waals surface area contributed by atoms with Crippen LogP contribution in [0.25, 0.3) is 0 Å². The van der Waals surface area contributed by atoms with Gasteiger partial charge in [-0.3, -0.25) is 0 Å². The van der Waals surface area contributed by atoms with Gasteiger partial charge in [0.25, 0.3) is 0 Å². The molecule has 2 rings (SSSR count). The quantitative estimate of drug-likeness (QED) is 0.857. The zero-order valence-corrected chi connectivity index (χ0v) is 11.1. The highest BCUT2D eigenvalue weighted by molar-refractivity contribution is 7.10. The van der Waals surface area contributed by atoms with Crippen LogP contribution < -0.4 is 5.32 Å². The van der Waals surface area contributed by atoms with Gasteiger partial charge in [0.05, 0.1) is 6.54 Å². The van der Waals surface area contributed by atoms with Crippen LogP contribution in [0.15, 0.2) is 23.8 Å². The molecule has 0 aliphatic heterocycles. The minimum absolute atomic E-state index is 0.363. The fraction of sp³-hybridized carbons (Fsp3) is 0.500. The maximum absolute atomic E-state index is 4.28. The largest absolute Gasteiger partial charge is 0.302 e. The fourth-order valence-corrected chi connectivity index (χ4v) is 2.47. The second kappa shape index (κ2) is 5.93. The summed E-state index contributed by atoms with van der Waals surface area (Å²) in [6, 6.07) is 4.60. The zero-order valence-electron chi connectivity index (χ0n) is 10.3. The first-order valence-electron chi connectivity index (χ1n) is 5.94. The Morgan fingerprint density at radius 1 is 1.53 bits per heavy atom. The van der Waals surface area contributed by atoms with E-state index in [2.05, 4.69) is 46.8 Å². The highest BCUT2D eigenvalue weighted by Crippen LogP contribution is 2.18. The Balaban J connectivity index is 1.91. The number of nitrogens with zero attached hydrogens (tertiary/aromatic N) is 3. The Hall–Kier alpha value is -1.20. The highest BCUT2D eigenvalue weighted by atomic mass is 32.1. The molecule has 0 aliphatic rings. The smallest absolute Gasteiger partial charge is 0.140 e. The van der Waals surface area contributed by atoms with Crippen molar-refractivity contribution in [2.75, 3.05) is 0 Å². The molecule has 2 aromatic heterocycles. The average Bonchev–Trinajstić information content (AvgIpc) is 2.97. The summed E-state index contributed by atoms with van der Waals surface area (Å²) in [7, 11) is 0. The molecule has 0 spiro atoms. The van der Waals surface area contributed by atoms with E-state index in [0.717, 1.165) is 25.3 Å². The van der Waals surface area contributed by atoms with Crippen molar-refractivity contribution in [3.05, 3.63) is 34.5 Å². The van der Waals surface area contributed by atoms with Crippen LogP contribution in [0, 0.1) is 0 Å². The van der Waals surface area contributed by atoms with E-state index in [1.54, 1.807) is 17.7 Å². The third-order valence-corrected chi connectivity index (χ3v) is 3.72. The van der Waals surface area contributed by atoms with Crippen LogP contribution in [0.1, 0.15) is 37.0 Å².